The first kappa shape index (κ1) is 15.2. The fraction of sp³-hybridized carbons (Fsp3) is 0.167. The van der Waals surface area contributed by atoms with Crippen LogP contribution >= 0.6 is 15.9 Å². The Hall–Kier alpha value is -1.89. The quantitative estimate of drug-likeness (QED) is 0.677. The summed E-state index contributed by atoms with van der Waals surface area (Å²) in [5, 5.41) is 2.60. The van der Waals surface area contributed by atoms with E-state index in [1.807, 2.05) is 0 Å². The number of rotatable bonds is 4. The van der Waals surface area contributed by atoms with Crippen molar-refractivity contribution in [2.45, 2.75) is 0 Å². The lowest BCUT2D eigenvalue weighted by atomic mass is 10.3. The van der Waals surface area contributed by atoms with E-state index in [1.54, 1.807) is 0 Å². The maximum atomic E-state index is 13.1. The molecule has 0 aliphatic carbocycles. The van der Waals surface area contributed by atoms with Gasteiger partial charge in [-0.05, 0) is 34.1 Å². The van der Waals surface area contributed by atoms with Crippen LogP contribution in [0.3, 0.4) is 0 Å². The number of methoxy groups -OCH3 is 2. The topological polar surface area (TPSA) is 64.6 Å². The van der Waals surface area contributed by atoms with Gasteiger partial charge in [0.05, 0.1) is 26.0 Å². The zero-order valence-corrected chi connectivity index (χ0v) is 11.8. The summed E-state index contributed by atoms with van der Waals surface area (Å²) in [4.78, 5) is 22.6. The van der Waals surface area contributed by atoms with Crippen LogP contribution in [0, 0.1) is 5.82 Å². The molecule has 0 spiro atoms. The largest absolute Gasteiger partial charge is 0.466 e. The van der Waals surface area contributed by atoms with Crippen molar-refractivity contribution in [3.8, 4) is 0 Å². The van der Waals surface area contributed by atoms with Gasteiger partial charge in [0.25, 0.3) is 0 Å². The number of nitrogens with one attached hydrogen (secondary N) is 1. The van der Waals surface area contributed by atoms with Crippen LogP contribution in [0.25, 0.3) is 0 Å². The number of halogens is 2. The van der Waals surface area contributed by atoms with Crippen LogP contribution in [-0.4, -0.2) is 26.2 Å². The molecule has 1 rings (SSSR count). The molecular weight excluding hydrogens is 321 g/mol. The molecule has 0 amide bonds. The molecule has 1 N–H and O–H groups in total. The highest BCUT2D eigenvalue weighted by Crippen LogP contribution is 2.24. The van der Waals surface area contributed by atoms with E-state index in [1.165, 1.54) is 19.2 Å². The minimum absolute atomic E-state index is 0.166. The van der Waals surface area contributed by atoms with Crippen molar-refractivity contribution in [3.63, 3.8) is 0 Å². The number of anilines is 1. The highest BCUT2D eigenvalue weighted by Gasteiger charge is 2.14. The molecule has 0 bridgehead atoms. The molecule has 0 unspecified atom stereocenters. The van der Waals surface area contributed by atoms with E-state index in [-0.39, 0.29) is 11.4 Å². The smallest absolute Gasteiger partial charge is 0.354 e. The van der Waals surface area contributed by atoms with E-state index in [2.05, 4.69) is 30.7 Å². The van der Waals surface area contributed by atoms with Gasteiger partial charge in [0.1, 0.15) is 11.5 Å². The number of esters is 2. The first-order chi connectivity index (χ1) is 8.97. The Morgan fingerprint density at radius 2 is 2.00 bits per heavy atom. The molecule has 0 aliphatic heterocycles. The van der Waals surface area contributed by atoms with Gasteiger partial charge < -0.3 is 14.8 Å². The van der Waals surface area contributed by atoms with Crippen molar-refractivity contribution < 1.29 is 23.5 Å². The lowest BCUT2D eigenvalue weighted by molar-refractivity contribution is -0.138. The fourth-order valence-electron chi connectivity index (χ4n) is 1.17. The number of carbonyl (C=O) groups excluding carboxylic acids is 2. The summed E-state index contributed by atoms with van der Waals surface area (Å²) in [6, 6.07) is 3.87. The lowest BCUT2D eigenvalue weighted by Gasteiger charge is -2.10. The van der Waals surface area contributed by atoms with E-state index in [0.717, 1.165) is 19.3 Å². The van der Waals surface area contributed by atoms with Crippen LogP contribution in [0.15, 0.2) is 34.4 Å². The van der Waals surface area contributed by atoms with Crippen LogP contribution in [0.4, 0.5) is 10.1 Å². The summed E-state index contributed by atoms with van der Waals surface area (Å²) in [7, 11) is 2.33. The minimum atomic E-state index is -0.776. The molecule has 0 aliphatic rings. The number of ether oxygens (including phenoxy) is 2. The average Bonchev–Trinajstić information content (AvgIpc) is 2.40. The van der Waals surface area contributed by atoms with E-state index < -0.39 is 17.8 Å². The van der Waals surface area contributed by atoms with Gasteiger partial charge in [-0.3, -0.25) is 0 Å². The summed E-state index contributed by atoms with van der Waals surface area (Å²) < 4.78 is 22.6. The Labute approximate surface area is 117 Å². The van der Waals surface area contributed by atoms with Gasteiger partial charge in [-0.1, -0.05) is 0 Å². The third kappa shape index (κ3) is 4.36. The van der Waals surface area contributed by atoms with Crippen LogP contribution in [0.5, 0.6) is 0 Å². The Balaban J connectivity index is 3.07. The third-order valence-electron chi connectivity index (χ3n) is 2.07. The summed E-state index contributed by atoms with van der Waals surface area (Å²) in [6.45, 7) is 0. The van der Waals surface area contributed by atoms with Crippen LogP contribution < -0.4 is 5.32 Å². The van der Waals surface area contributed by atoms with Crippen molar-refractivity contribution in [3.05, 3.63) is 40.3 Å². The van der Waals surface area contributed by atoms with Gasteiger partial charge >= 0.3 is 11.9 Å². The highest BCUT2D eigenvalue weighted by atomic mass is 79.9. The molecule has 5 nitrogen and oxygen atoms in total. The second-order valence-electron chi connectivity index (χ2n) is 3.32. The van der Waals surface area contributed by atoms with E-state index in [0.29, 0.717) is 4.47 Å². The van der Waals surface area contributed by atoms with Gasteiger partial charge in [0.2, 0.25) is 0 Å². The van der Waals surface area contributed by atoms with Crippen LogP contribution in [-0.2, 0) is 19.1 Å². The Kier molecular flexibility index (Phi) is 5.50. The monoisotopic (exact) mass is 331 g/mol. The molecule has 0 fully saturated rings. The molecule has 0 radical (unpaired) electrons. The SMILES string of the molecule is COC(=O)/C=C(/Nc1cc(F)ccc1Br)C(=O)OC. The summed E-state index contributed by atoms with van der Waals surface area (Å²) >= 11 is 3.19. The first-order valence-electron chi connectivity index (χ1n) is 5.08. The normalized spacial score (nSPS) is 10.8. The van der Waals surface area contributed by atoms with Crippen LogP contribution in [0.2, 0.25) is 0 Å². The Morgan fingerprint density at radius 1 is 1.32 bits per heavy atom. The summed E-state index contributed by atoms with van der Waals surface area (Å²) in [6.07, 6.45) is 0.920. The lowest BCUT2D eigenvalue weighted by Crippen LogP contribution is -2.15. The second kappa shape index (κ2) is 6.89. The van der Waals surface area contributed by atoms with Gasteiger partial charge in [-0.25, -0.2) is 14.0 Å². The fourth-order valence-corrected chi connectivity index (χ4v) is 1.52. The molecule has 1 aromatic rings. The number of hydrogen-bond donors (Lipinski definition) is 1. The van der Waals surface area contributed by atoms with Crippen LogP contribution in [0.1, 0.15) is 0 Å². The predicted octanol–water partition coefficient (Wildman–Crippen LogP) is 2.23. The molecular formula is C12H11BrFNO4. The maximum Gasteiger partial charge on any atom is 0.354 e. The molecule has 19 heavy (non-hydrogen) atoms. The van der Waals surface area contributed by atoms with Crippen molar-refractivity contribution in [2.75, 3.05) is 19.5 Å². The van der Waals surface area contributed by atoms with Gasteiger partial charge in [0.15, 0.2) is 0 Å². The molecule has 7 heteroatoms. The second-order valence-corrected chi connectivity index (χ2v) is 4.18. The van der Waals surface area contributed by atoms with E-state index in [4.69, 9.17) is 0 Å². The minimum Gasteiger partial charge on any atom is -0.466 e. The molecule has 102 valence electrons. The number of carbonyl (C=O) groups is 2. The third-order valence-corrected chi connectivity index (χ3v) is 2.76. The Bertz CT molecular complexity index is 530. The zero-order valence-electron chi connectivity index (χ0n) is 10.2. The molecule has 1 aromatic carbocycles. The highest BCUT2D eigenvalue weighted by molar-refractivity contribution is 9.10. The summed E-state index contributed by atoms with van der Waals surface area (Å²) in [5.41, 5.74) is 0.112. The van der Waals surface area contributed by atoms with Crippen molar-refractivity contribution in [1.29, 1.82) is 0 Å². The van der Waals surface area contributed by atoms with Gasteiger partial charge in [-0.2, -0.15) is 0 Å². The maximum absolute atomic E-state index is 13.1. The van der Waals surface area contributed by atoms with Crippen molar-refractivity contribution >= 4 is 33.6 Å². The standard InChI is InChI=1S/C12H11BrFNO4/c1-18-11(16)6-10(12(17)19-2)15-9-5-7(14)3-4-8(9)13/h3-6,15H,1-2H3/b10-6+. The van der Waals surface area contributed by atoms with E-state index in [9.17, 15) is 14.0 Å². The first-order valence-corrected chi connectivity index (χ1v) is 5.87. The molecule has 0 aromatic heterocycles. The molecule has 0 saturated heterocycles. The zero-order chi connectivity index (χ0) is 14.4. The van der Waals surface area contributed by atoms with E-state index >= 15 is 0 Å². The molecule has 0 saturated carbocycles. The molecule has 0 heterocycles. The number of hydrogen-bond acceptors (Lipinski definition) is 5. The van der Waals surface area contributed by atoms with Crippen molar-refractivity contribution in [2.24, 2.45) is 0 Å². The summed E-state index contributed by atoms with van der Waals surface area (Å²) in [5.74, 6) is -2.00. The van der Waals surface area contributed by atoms with Gasteiger partial charge in [-0.15, -0.1) is 0 Å². The number of benzene rings is 1. The van der Waals surface area contributed by atoms with Gasteiger partial charge in [0, 0.05) is 4.47 Å². The average molecular weight is 332 g/mol. The van der Waals surface area contributed by atoms with Crippen molar-refractivity contribution in [1.82, 2.24) is 0 Å². The predicted molar refractivity (Wildman–Crippen MR) is 69.8 cm³/mol. The Morgan fingerprint density at radius 3 is 2.58 bits per heavy atom. The molecule has 0 atom stereocenters.